The van der Waals surface area contributed by atoms with Crippen molar-refractivity contribution in [2.45, 2.75) is 37.1 Å². The lowest BCUT2D eigenvalue weighted by Crippen LogP contribution is -2.50. The maximum atomic E-state index is 12.1. The quantitative estimate of drug-likeness (QED) is 0.514. The highest BCUT2D eigenvalue weighted by Gasteiger charge is 2.25. The number of hydrogen-bond acceptors (Lipinski definition) is 7. The van der Waals surface area contributed by atoms with E-state index in [4.69, 9.17) is 4.74 Å². The molecule has 0 bridgehead atoms. The number of benzene rings is 1. The van der Waals surface area contributed by atoms with E-state index in [-0.39, 0.29) is 12.0 Å². The van der Waals surface area contributed by atoms with Crippen molar-refractivity contribution < 1.29 is 14.3 Å². The molecular weight excluding hydrogens is 420 g/mol. The third-order valence-corrected chi connectivity index (χ3v) is 6.78. The van der Waals surface area contributed by atoms with E-state index < -0.39 is 5.60 Å². The third-order valence-electron chi connectivity index (χ3n) is 4.60. The molecule has 7 nitrogen and oxygen atoms in total. The number of thioether (sulfide) groups is 1. The summed E-state index contributed by atoms with van der Waals surface area (Å²) in [6.07, 6.45) is 0.657. The van der Waals surface area contributed by atoms with Gasteiger partial charge in [-0.05, 0) is 45.9 Å². The lowest BCUT2D eigenvalue weighted by molar-refractivity contribution is -0.118. The number of amides is 2. The zero-order chi connectivity index (χ0) is 21.6. The molecule has 1 aromatic carbocycles. The Bertz CT molecular complexity index is 824. The fourth-order valence-electron chi connectivity index (χ4n) is 3.10. The maximum absolute atomic E-state index is 12.1. The summed E-state index contributed by atoms with van der Waals surface area (Å²) in [5.41, 5.74) is 0.523. The van der Waals surface area contributed by atoms with Crippen molar-refractivity contribution in [1.29, 1.82) is 0 Å². The molecule has 2 heterocycles. The number of thiazole rings is 1. The topological polar surface area (TPSA) is 74.8 Å². The van der Waals surface area contributed by atoms with E-state index in [1.807, 2.05) is 45.0 Å². The second-order valence-corrected chi connectivity index (χ2v) is 10.5. The summed E-state index contributed by atoms with van der Waals surface area (Å²) in [6.45, 7) is 10.2. The Morgan fingerprint density at radius 2 is 1.93 bits per heavy atom. The van der Waals surface area contributed by atoms with Crippen molar-refractivity contribution in [3.63, 3.8) is 0 Å². The molecule has 9 heteroatoms. The average molecular weight is 451 g/mol. The van der Waals surface area contributed by atoms with Crippen LogP contribution in [0.15, 0.2) is 28.6 Å². The van der Waals surface area contributed by atoms with E-state index in [1.165, 1.54) is 11.8 Å². The molecule has 1 N–H and O–H groups in total. The van der Waals surface area contributed by atoms with Crippen LogP contribution in [0.2, 0.25) is 0 Å². The molecule has 1 aliphatic heterocycles. The molecule has 0 radical (unpaired) electrons. The minimum atomic E-state index is -0.461. The first-order chi connectivity index (χ1) is 14.3. The summed E-state index contributed by atoms with van der Waals surface area (Å²) in [6, 6.07) is 8.01. The molecule has 0 unspecified atom stereocenters. The Labute approximate surface area is 186 Å². The third kappa shape index (κ3) is 7.14. The summed E-state index contributed by atoms with van der Waals surface area (Å²) in [7, 11) is 0. The Hall–Kier alpha value is -1.84. The molecule has 2 amide bonds. The lowest BCUT2D eigenvalue weighted by atomic mass is 10.2. The van der Waals surface area contributed by atoms with Gasteiger partial charge >= 0.3 is 6.09 Å². The van der Waals surface area contributed by atoms with Gasteiger partial charge in [-0.3, -0.25) is 9.69 Å². The first-order valence-corrected chi connectivity index (χ1v) is 12.1. The van der Waals surface area contributed by atoms with Gasteiger partial charge in [0.05, 0.1) is 16.0 Å². The predicted molar refractivity (Wildman–Crippen MR) is 122 cm³/mol. The SMILES string of the molecule is CC(C)(C)OC(=O)N1CCN(CCCNC(=O)CSc2nc3ccccc3s2)CC1. The first-order valence-electron chi connectivity index (χ1n) is 10.3. The molecule has 3 rings (SSSR count). The van der Waals surface area contributed by atoms with Crippen molar-refractivity contribution in [2.75, 3.05) is 45.0 Å². The van der Waals surface area contributed by atoms with Gasteiger partial charge in [-0.2, -0.15) is 0 Å². The van der Waals surface area contributed by atoms with Crippen LogP contribution in [0.3, 0.4) is 0 Å². The molecule has 0 atom stereocenters. The van der Waals surface area contributed by atoms with Gasteiger partial charge in [0.25, 0.3) is 0 Å². The van der Waals surface area contributed by atoms with Gasteiger partial charge in [-0.1, -0.05) is 23.9 Å². The zero-order valence-electron chi connectivity index (χ0n) is 17.8. The molecule has 2 aromatic rings. The lowest BCUT2D eigenvalue weighted by Gasteiger charge is -2.35. The number of ether oxygens (including phenoxy) is 1. The van der Waals surface area contributed by atoms with Gasteiger partial charge in [0.2, 0.25) is 5.91 Å². The summed E-state index contributed by atoms with van der Waals surface area (Å²) in [5, 5.41) is 2.98. The summed E-state index contributed by atoms with van der Waals surface area (Å²) in [4.78, 5) is 32.8. The number of rotatable bonds is 7. The van der Waals surface area contributed by atoms with Gasteiger partial charge in [-0.25, -0.2) is 9.78 Å². The first kappa shape index (κ1) is 22.8. The zero-order valence-corrected chi connectivity index (χ0v) is 19.5. The number of carbonyl (C=O) groups excluding carboxylic acids is 2. The van der Waals surface area contributed by atoms with E-state index >= 15 is 0 Å². The fraction of sp³-hybridized carbons (Fsp3) is 0.571. The van der Waals surface area contributed by atoms with E-state index in [9.17, 15) is 9.59 Å². The van der Waals surface area contributed by atoms with Crippen LogP contribution in [0.1, 0.15) is 27.2 Å². The Kier molecular flexibility index (Phi) is 7.96. The number of carbonyl (C=O) groups is 2. The number of hydrogen-bond donors (Lipinski definition) is 1. The molecule has 0 spiro atoms. The number of aromatic nitrogens is 1. The predicted octanol–water partition coefficient (Wildman–Crippen LogP) is 3.45. The van der Waals surface area contributed by atoms with Crippen LogP contribution in [0.25, 0.3) is 10.2 Å². The van der Waals surface area contributed by atoms with Gasteiger partial charge in [0, 0.05) is 32.7 Å². The number of nitrogens with one attached hydrogen (secondary N) is 1. The number of nitrogens with zero attached hydrogens (tertiary/aromatic N) is 3. The Morgan fingerprint density at radius 1 is 1.20 bits per heavy atom. The average Bonchev–Trinajstić information content (AvgIpc) is 3.12. The van der Waals surface area contributed by atoms with Gasteiger partial charge in [0.1, 0.15) is 5.60 Å². The molecule has 1 aromatic heterocycles. The normalized spacial score (nSPS) is 15.4. The second kappa shape index (κ2) is 10.5. The van der Waals surface area contributed by atoms with Crippen molar-refractivity contribution in [3.8, 4) is 0 Å². The summed E-state index contributed by atoms with van der Waals surface area (Å²) >= 11 is 3.10. The Balaban J connectivity index is 1.27. The van der Waals surface area contributed by atoms with Crippen LogP contribution in [0.4, 0.5) is 4.79 Å². The highest BCUT2D eigenvalue weighted by molar-refractivity contribution is 8.01. The van der Waals surface area contributed by atoms with Crippen LogP contribution < -0.4 is 5.32 Å². The summed E-state index contributed by atoms with van der Waals surface area (Å²) < 4.78 is 7.50. The molecule has 1 fully saturated rings. The standard InChI is InChI=1S/C21H30N4O3S2/c1-21(2,3)28-20(27)25-13-11-24(12-14-25)10-6-9-22-18(26)15-29-19-23-16-7-4-5-8-17(16)30-19/h4-5,7-8H,6,9-15H2,1-3H3,(H,22,26). The van der Waals surface area contributed by atoms with Crippen molar-refractivity contribution in [2.24, 2.45) is 0 Å². The minimum Gasteiger partial charge on any atom is -0.444 e. The van der Waals surface area contributed by atoms with Gasteiger partial charge < -0.3 is 15.0 Å². The van der Waals surface area contributed by atoms with E-state index in [1.54, 1.807) is 16.2 Å². The smallest absolute Gasteiger partial charge is 0.410 e. The van der Waals surface area contributed by atoms with Crippen LogP contribution >= 0.6 is 23.1 Å². The van der Waals surface area contributed by atoms with E-state index in [0.29, 0.717) is 25.4 Å². The van der Waals surface area contributed by atoms with Crippen molar-refractivity contribution in [3.05, 3.63) is 24.3 Å². The van der Waals surface area contributed by atoms with E-state index in [2.05, 4.69) is 15.2 Å². The molecular formula is C21H30N4O3S2. The second-order valence-electron chi connectivity index (χ2n) is 8.25. The van der Waals surface area contributed by atoms with Gasteiger partial charge in [-0.15, -0.1) is 11.3 Å². The van der Waals surface area contributed by atoms with Crippen LogP contribution in [-0.2, 0) is 9.53 Å². The molecule has 1 saturated heterocycles. The monoisotopic (exact) mass is 450 g/mol. The Morgan fingerprint density at radius 3 is 2.63 bits per heavy atom. The number of piperazine rings is 1. The number of para-hydroxylation sites is 1. The fourth-order valence-corrected chi connectivity index (χ4v) is 5.00. The van der Waals surface area contributed by atoms with Crippen LogP contribution in [0.5, 0.6) is 0 Å². The van der Waals surface area contributed by atoms with Crippen molar-refractivity contribution in [1.82, 2.24) is 20.1 Å². The van der Waals surface area contributed by atoms with Crippen LogP contribution in [-0.4, -0.2) is 77.4 Å². The molecule has 164 valence electrons. The molecule has 0 saturated carbocycles. The molecule has 30 heavy (non-hydrogen) atoms. The largest absolute Gasteiger partial charge is 0.444 e. The summed E-state index contributed by atoms with van der Waals surface area (Å²) in [5.74, 6) is 0.419. The maximum Gasteiger partial charge on any atom is 0.410 e. The highest BCUT2D eigenvalue weighted by atomic mass is 32.2. The van der Waals surface area contributed by atoms with E-state index in [0.717, 1.165) is 40.6 Å². The van der Waals surface area contributed by atoms with Crippen LogP contribution in [0, 0.1) is 0 Å². The molecule has 1 aliphatic rings. The van der Waals surface area contributed by atoms with Crippen molar-refractivity contribution >= 4 is 45.3 Å². The molecule has 0 aliphatic carbocycles. The van der Waals surface area contributed by atoms with Gasteiger partial charge in [0.15, 0.2) is 4.34 Å². The minimum absolute atomic E-state index is 0.0361. The highest BCUT2D eigenvalue weighted by Crippen LogP contribution is 2.29. The number of fused-ring (bicyclic) bond motifs is 1.